The fourth-order valence-electron chi connectivity index (χ4n) is 4.04. The van der Waals surface area contributed by atoms with Crippen molar-refractivity contribution in [3.05, 3.63) is 35.8 Å². The van der Waals surface area contributed by atoms with Crippen LogP contribution in [-0.2, 0) is 11.8 Å². The summed E-state index contributed by atoms with van der Waals surface area (Å²) < 4.78 is 20.9. The van der Waals surface area contributed by atoms with Gasteiger partial charge in [0.1, 0.15) is 11.5 Å². The van der Waals surface area contributed by atoms with Gasteiger partial charge in [0.05, 0.1) is 6.61 Å². The first-order chi connectivity index (χ1) is 11.1. The SMILES string of the molecule is Cn1c(C(=O)N2CCC[C@]3(CCOC3)C2)cc2cc(F)ccc21. The molecule has 0 aliphatic carbocycles. The number of ether oxygens (including phenoxy) is 1. The second-order valence-corrected chi connectivity index (χ2v) is 6.92. The molecule has 0 unspecified atom stereocenters. The number of fused-ring (bicyclic) bond motifs is 1. The van der Waals surface area contributed by atoms with Crippen molar-refractivity contribution in [1.82, 2.24) is 9.47 Å². The molecule has 2 fully saturated rings. The molecule has 2 saturated heterocycles. The van der Waals surface area contributed by atoms with E-state index in [1.165, 1.54) is 12.1 Å². The molecule has 3 heterocycles. The third-order valence-electron chi connectivity index (χ3n) is 5.36. The maximum atomic E-state index is 13.4. The van der Waals surface area contributed by atoms with Crippen molar-refractivity contribution in [3.8, 4) is 0 Å². The van der Waals surface area contributed by atoms with Crippen LogP contribution in [0.4, 0.5) is 4.39 Å². The fourth-order valence-corrected chi connectivity index (χ4v) is 4.04. The van der Waals surface area contributed by atoms with Crippen molar-refractivity contribution >= 4 is 16.8 Å². The second kappa shape index (κ2) is 5.34. The number of nitrogens with zero attached hydrogens (tertiary/aromatic N) is 2. The van der Waals surface area contributed by atoms with Crippen LogP contribution in [0.2, 0.25) is 0 Å². The molecule has 1 spiro atoms. The molecule has 2 aliphatic rings. The van der Waals surface area contributed by atoms with Gasteiger partial charge in [-0.05, 0) is 43.5 Å². The normalized spacial score (nSPS) is 24.7. The highest BCUT2D eigenvalue weighted by molar-refractivity contribution is 5.98. The lowest BCUT2D eigenvalue weighted by Gasteiger charge is -2.39. The summed E-state index contributed by atoms with van der Waals surface area (Å²) in [5.41, 5.74) is 1.65. The minimum absolute atomic E-state index is 0.0371. The van der Waals surface area contributed by atoms with Gasteiger partial charge in [-0.25, -0.2) is 4.39 Å². The first-order valence-electron chi connectivity index (χ1n) is 8.20. The van der Waals surface area contributed by atoms with Crippen molar-refractivity contribution in [2.45, 2.75) is 19.3 Å². The number of carbonyl (C=O) groups is 1. The van der Waals surface area contributed by atoms with Crippen molar-refractivity contribution in [2.24, 2.45) is 12.5 Å². The average molecular weight is 316 g/mol. The van der Waals surface area contributed by atoms with Crippen LogP contribution in [0.3, 0.4) is 0 Å². The van der Waals surface area contributed by atoms with Gasteiger partial charge in [-0.3, -0.25) is 4.79 Å². The molecule has 1 aromatic carbocycles. The zero-order valence-electron chi connectivity index (χ0n) is 13.3. The molecule has 2 aromatic rings. The van der Waals surface area contributed by atoms with Crippen LogP contribution in [-0.4, -0.2) is 41.7 Å². The summed E-state index contributed by atoms with van der Waals surface area (Å²) in [4.78, 5) is 14.9. The van der Waals surface area contributed by atoms with E-state index in [1.807, 2.05) is 16.5 Å². The molecular weight excluding hydrogens is 295 g/mol. The van der Waals surface area contributed by atoms with Crippen LogP contribution in [0.5, 0.6) is 0 Å². The maximum absolute atomic E-state index is 13.4. The number of carbonyl (C=O) groups excluding carboxylic acids is 1. The molecule has 1 amide bonds. The number of aryl methyl sites for hydroxylation is 1. The van der Waals surface area contributed by atoms with Gasteiger partial charge in [0.25, 0.3) is 5.91 Å². The van der Waals surface area contributed by atoms with Crippen molar-refractivity contribution in [1.29, 1.82) is 0 Å². The standard InChI is InChI=1S/C18H21FN2O2/c1-20-15-4-3-14(19)9-13(15)10-16(20)17(22)21-7-2-5-18(11-21)6-8-23-12-18/h3-4,9-10H,2,5-8,11-12H2,1H3/t18-/m0/s1. The first kappa shape index (κ1) is 14.7. The maximum Gasteiger partial charge on any atom is 0.270 e. The monoisotopic (exact) mass is 316 g/mol. The highest BCUT2D eigenvalue weighted by atomic mass is 19.1. The average Bonchev–Trinajstić information content (AvgIpc) is 3.11. The highest BCUT2D eigenvalue weighted by Gasteiger charge is 2.40. The number of benzene rings is 1. The lowest BCUT2D eigenvalue weighted by atomic mass is 9.79. The number of hydrogen-bond acceptors (Lipinski definition) is 2. The number of piperidine rings is 1. The number of likely N-dealkylation sites (tertiary alicyclic amines) is 1. The first-order valence-corrected chi connectivity index (χ1v) is 8.20. The zero-order valence-corrected chi connectivity index (χ0v) is 13.3. The number of aromatic nitrogens is 1. The Bertz CT molecular complexity index is 762. The molecule has 122 valence electrons. The number of halogens is 1. The van der Waals surface area contributed by atoms with E-state index in [1.54, 1.807) is 12.1 Å². The van der Waals surface area contributed by atoms with Crippen molar-refractivity contribution in [2.75, 3.05) is 26.3 Å². The third kappa shape index (κ3) is 2.43. The van der Waals surface area contributed by atoms with Gasteiger partial charge in [-0.1, -0.05) is 0 Å². The van der Waals surface area contributed by atoms with E-state index in [-0.39, 0.29) is 17.1 Å². The zero-order chi connectivity index (χ0) is 16.0. The molecule has 1 aromatic heterocycles. The predicted molar refractivity (Wildman–Crippen MR) is 85.9 cm³/mol. The van der Waals surface area contributed by atoms with Gasteiger partial charge in [-0.2, -0.15) is 0 Å². The van der Waals surface area contributed by atoms with Gasteiger partial charge in [0.15, 0.2) is 0 Å². The number of rotatable bonds is 1. The van der Waals surface area contributed by atoms with E-state index in [0.29, 0.717) is 5.69 Å². The molecule has 0 saturated carbocycles. The van der Waals surface area contributed by atoms with Gasteiger partial charge in [0, 0.05) is 43.1 Å². The van der Waals surface area contributed by atoms with Crippen molar-refractivity contribution in [3.63, 3.8) is 0 Å². The van der Waals surface area contributed by atoms with E-state index in [2.05, 4.69) is 0 Å². The van der Waals surface area contributed by atoms with E-state index in [0.717, 1.165) is 56.5 Å². The summed E-state index contributed by atoms with van der Waals surface area (Å²) in [7, 11) is 1.87. The van der Waals surface area contributed by atoms with Crippen LogP contribution in [0.25, 0.3) is 10.9 Å². The van der Waals surface area contributed by atoms with E-state index in [4.69, 9.17) is 4.74 Å². The van der Waals surface area contributed by atoms with Gasteiger partial charge < -0.3 is 14.2 Å². The lowest BCUT2D eigenvalue weighted by Crippen LogP contribution is -2.46. The summed E-state index contributed by atoms with van der Waals surface area (Å²) in [6.45, 7) is 3.12. The molecule has 4 rings (SSSR count). The van der Waals surface area contributed by atoms with Crippen LogP contribution in [0.15, 0.2) is 24.3 Å². The van der Waals surface area contributed by atoms with Gasteiger partial charge in [0.2, 0.25) is 0 Å². The summed E-state index contributed by atoms with van der Waals surface area (Å²) in [5, 5.41) is 0.770. The summed E-state index contributed by atoms with van der Waals surface area (Å²) in [6, 6.07) is 6.44. The molecule has 1 atom stereocenters. The summed E-state index contributed by atoms with van der Waals surface area (Å²) in [6.07, 6.45) is 3.20. The van der Waals surface area contributed by atoms with E-state index < -0.39 is 0 Å². The minimum Gasteiger partial charge on any atom is -0.381 e. The van der Waals surface area contributed by atoms with Crippen molar-refractivity contribution < 1.29 is 13.9 Å². The quantitative estimate of drug-likeness (QED) is 0.811. The van der Waals surface area contributed by atoms with Gasteiger partial charge in [-0.15, -0.1) is 0 Å². The molecule has 0 radical (unpaired) electrons. The van der Waals surface area contributed by atoms with Crippen LogP contribution in [0.1, 0.15) is 29.8 Å². The summed E-state index contributed by atoms with van der Waals surface area (Å²) >= 11 is 0. The van der Waals surface area contributed by atoms with Crippen LogP contribution >= 0.6 is 0 Å². The Hall–Kier alpha value is -1.88. The molecule has 2 aliphatic heterocycles. The van der Waals surface area contributed by atoms with Gasteiger partial charge >= 0.3 is 0 Å². The Morgan fingerprint density at radius 1 is 1.30 bits per heavy atom. The summed E-state index contributed by atoms with van der Waals surface area (Å²) in [5.74, 6) is -0.239. The fraction of sp³-hybridized carbons (Fsp3) is 0.500. The molecule has 0 bridgehead atoms. The molecule has 0 N–H and O–H groups in total. The highest BCUT2D eigenvalue weighted by Crippen LogP contribution is 2.38. The third-order valence-corrected chi connectivity index (χ3v) is 5.36. The Morgan fingerprint density at radius 3 is 2.96 bits per heavy atom. The predicted octanol–water partition coefficient (Wildman–Crippen LogP) is 2.96. The lowest BCUT2D eigenvalue weighted by molar-refractivity contribution is 0.0455. The Balaban J connectivity index is 1.65. The largest absolute Gasteiger partial charge is 0.381 e. The molecule has 5 heteroatoms. The Morgan fingerprint density at radius 2 is 2.17 bits per heavy atom. The topological polar surface area (TPSA) is 34.5 Å². The molecule has 4 nitrogen and oxygen atoms in total. The number of hydrogen-bond donors (Lipinski definition) is 0. The molecule has 23 heavy (non-hydrogen) atoms. The van der Waals surface area contributed by atoms with E-state index in [9.17, 15) is 9.18 Å². The smallest absolute Gasteiger partial charge is 0.270 e. The molecular formula is C18H21FN2O2. The Kier molecular flexibility index (Phi) is 3.41. The Labute approximate surface area is 134 Å². The second-order valence-electron chi connectivity index (χ2n) is 6.92. The number of amides is 1. The van der Waals surface area contributed by atoms with Crippen LogP contribution in [0, 0.1) is 11.2 Å². The minimum atomic E-state index is -0.276. The van der Waals surface area contributed by atoms with E-state index >= 15 is 0 Å². The van der Waals surface area contributed by atoms with Crippen LogP contribution < -0.4 is 0 Å².